The molecule has 0 heterocycles. The summed E-state index contributed by atoms with van der Waals surface area (Å²) in [6.45, 7) is 3.40. The molecule has 0 atom stereocenters. The molecular formula is C13H13NO4. The van der Waals surface area contributed by atoms with E-state index >= 15 is 0 Å². The predicted octanol–water partition coefficient (Wildman–Crippen LogP) is 1.96. The number of phenols is 2. The van der Waals surface area contributed by atoms with Crippen LogP contribution in [-0.2, 0) is 9.53 Å². The number of hydrogen-bond donors (Lipinski definition) is 2. The Kier molecular flexibility index (Phi) is 4.33. The van der Waals surface area contributed by atoms with Crippen LogP contribution in [-0.4, -0.2) is 22.3 Å². The molecule has 94 valence electrons. The molecule has 2 N–H and O–H groups in total. The lowest BCUT2D eigenvalue weighted by molar-refractivity contribution is -0.141. The number of nitrogens with zero attached hydrogens (tertiary/aromatic N) is 1. The third-order valence-electron chi connectivity index (χ3n) is 2.02. The predicted molar refractivity (Wildman–Crippen MR) is 64.6 cm³/mol. The summed E-state index contributed by atoms with van der Waals surface area (Å²) in [5.74, 6) is -1.28. The Labute approximate surface area is 105 Å². The minimum atomic E-state index is -0.630. The number of carbonyl (C=O) groups is 1. The molecule has 5 heteroatoms. The fourth-order valence-corrected chi connectivity index (χ4v) is 1.26. The molecule has 0 saturated heterocycles. The Hall–Kier alpha value is -2.48. The number of phenolic OH excluding ortho intramolecular Hbond substituents is 2. The van der Waals surface area contributed by atoms with Gasteiger partial charge in [-0.3, -0.25) is 0 Å². The highest BCUT2D eigenvalue weighted by Gasteiger charge is 2.09. The quantitative estimate of drug-likeness (QED) is 0.369. The van der Waals surface area contributed by atoms with Gasteiger partial charge in [0.15, 0.2) is 11.5 Å². The molecule has 0 saturated carbocycles. The van der Waals surface area contributed by atoms with Crippen LogP contribution in [0.1, 0.15) is 19.4 Å². The van der Waals surface area contributed by atoms with Gasteiger partial charge in [-0.25, -0.2) is 4.79 Å². The van der Waals surface area contributed by atoms with E-state index in [-0.39, 0.29) is 23.2 Å². The first-order chi connectivity index (χ1) is 8.43. The van der Waals surface area contributed by atoms with Crippen molar-refractivity contribution in [1.82, 2.24) is 0 Å². The molecule has 0 aliphatic rings. The Morgan fingerprint density at radius 2 is 2.06 bits per heavy atom. The van der Waals surface area contributed by atoms with Crippen molar-refractivity contribution in [2.75, 3.05) is 0 Å². The molecule has 0 unspecified atom stereocenters. The van der Waals surface area contributed by atoms with Crippen molar-refractivity contribution in [2.24, 2.45) is 0 Å². The van der Waals surface area contributed by atoms with E-state index in [4.69, 9.17) is 15.1 Å². The van der Waals surface area contributed by atoms with Gasteiger partial charge < -0.3 is 14.9 Å². The number of esters is 1. The highest BCUT2D eigenvalue weighted by Crippen LogP contribution is 2.28. The maximum atomic E-state index is 11.4. The van der Waals surface area contributed by atoms with Crippen molar-refractivity contribution in [1.29, 1.82) is 5.26 Å². The number of nitriles is 1. The lowest BCUT2D eigenvalue weighted by Crippen LogP contribution is -2.09. The lowest BCUT2D eigenvalue weighted by atomic mass is 10.1. The van der Waals surface area contributed by atoms with Gasteiger partial charge in [-0.2, -0.15) is 5.26 Å². The van der Waals surface area contributed by atoms with Crippen LogP contribution in [0.3, 0.4) is 0 Å². The second-order valence-corrected chi connectivity index (χ2v) is 3.86. The molecule has 0 aliphatic heterocycles. The molecule has 5 nitrogen and oxygen atoms in total. The Balaban J connectivity index is 3.03. The first-order valence-corrected chi connectivity index (χ1v) is 5.28. The van der Waals surface area contributed by atoms with Gasteiger partial charge in [-0.05, 0) is 37.6 Å². The van der Waals surface area contributed by atoms with E-state index in [2.05, 4.69) is 0 Å². The Bertz CT molecular complexity index is 526. The second kappa shape index (κ2) is 5.73. The van der Waals surface area contributed by atoms with Gasteiger partial charge >= 0.3 is 5.97 Å². The topological polar surface area (TPSA) is 90.6 Å². The maximum Gasteiger partial charge on any atom is 0.332 e. The van der Waals surface area contributed by atoms with Crippen LogP contribution in [0.25, 0.3) is 5.57 Å². The molecule has 0 spiro atoms. The summed E-state index contributed by atoms with van der Waals surface area (Å²) < 4.78 is 4.88. The monoisotopic (exact) mass is 247 g/mol. The number of hydrogen-bond acceptors (Lipinski definition) is 5. The van der Waals surface area contributed by atoms with Crippen molar-refractivity contribution >= 4 is 11.5 Å². The number of rotatable bonds is 3. The minimum Gasteiger partial charge on any atom is -0.504 e. The van der Waals surface area contributed by atoms with Gasteiger partial charge in [0, 0.05) is 6.08 Å². The highest BCUT2D eigenvalue weighted by atomic mass is 16.5. The summed E-state index contributed by atoms with van der Waals surface area (Å²) in [7, 11) is 0. The second-order valence-electron chi connectivity index (χ2n) is 3.86. The Morgan fingerprint density at radius 1 is 1.39 bits per heavy atom. The highest BCUT2D eigenvalue weighted by molar-refractivity contribution is 5.95. The van der Waals surface area contributed by atoms with Crippen LogP contribution in [0, 0.1) is 11.3 Å². The van der Waals surface area contributed by atoms with Crippen molar-refractivity contribution in [3.05, 3.63) is 29.8 Å². The van der Waals surface area contributed by atoms with E-state index in [0.29, 0.717) is 5.56 Å². The van der Waals surface area contributed by atoms with E-state index in [1.165, 1.54) is 18.2 Å². The number of ether oxygens (including phenoxy) is 1. The molecule has 0 fully saturated rings. The van der Waals surface area contributed by atoms with Gasteiger partial charge in [-0.1, -0.05) is 0 Å². The smallest absolute Gasteiger partial charge is 0.332 e. The van der Waals surface area contributed by atoms with Crippen LogP contribution in [0.5, 0.6) is 11.5 Å². The first-order valence-electron chi connectivity index (χ1n) is 5.28. The molecule has 0 aromatic heterocycles. The van der Waals surface area contributed by atoms with Crippen molar-refractivity contribution in [2.45, 2.75) is 20.0 Å². The summed E-state index contributed by atoms with van der Waals surface area (Å²) in [5.41, 5.74) is 0.379. The normalized spacial score (nSPS) is 11.1. The summed E-state index contributed by atoms with van der Waals surface area (Å²) in [6, 6.07) is 5.70. The van der Waals surface area contributed by atoms with Gasteiger partial charge in [0.1, 0.15) is 6.07 Å². The molecule has 1 aromatic carbocycles. The number of benzene rings is 1. The average molecular weight is 247 g/mol. The summed E-state index contributed by atoms with van der Waals surface area (Å²) in [6.07, 6.45) is 0.771. The minimum absolute atomic E-state index is 0.0518. The van der Waals surface area contributed by atoms with E-state index < -0.39 is 5.97 Å². The fourth-order valence-electron chi connectivity index (χ4n) is 1.26. The van der Waals surface area contributed by atoms with E-state index in [1.54, 1.807) is 13.8 Å². The van der Waals surface area contributed by atoms with Crippen LogP contribution in [0.4, 0.5) is 0 Å². The van der Waals surface area contributed by atoms with Crippen molar-refractivity contribution < 1.29 is 19.7 Å². The van der Waals surface area contributed by atoms with Gasteiger partial charge in [0.05, 0.1) is 11.7 Å². The van der Waals surface area contributed by atoms with Crippen molar-refractivity contribution in [3.63, 3.8) is 0 Å². The third kappa shape index (κ3) is 3.52. The van der Waals surface area contributed by atoms with Gasteiger partial charge in [0.2, 0.25) is 0 Å². The molecule has 0 aliphatic carbocycles. The molecule has 1 aromatic rings. The largest absolute Gasteiger partial charge is 0.504 e. The Morgan fingerprint density at radius 3 is 2.56 bits per heavy atom. The van der Waals surface area contributed by atoms with E-state index in [0.717, 1.165) is 6.08 Å². The van der Waals surface area contributed by atoms with E-state index in [1.807, 2.05) is 6.07 Å². The summed E-state index contributed by atoms with van der Waals surface area (Å²) in [5, 5.41) is 27.4. The molecule has 0 amide bonds. The van der Waals surface area contributed by atoms with Crippen LogP contribution in [0.15, 0.2) is 24.3 Å². The average Bonchev–Trinajstić information content (AvgIpc) is 2.29. The van der Waals surface area contributed by atoms with Crippen molar-refractivity contribution in [3.8, 4) is 17.6 Å². The zero-order valence-electron chi connectivity index (χ0n) is 10.0. The van der Waals surface area contributed by atoms with Gasteiger partial charge in [0.25, 0.3) is 0 Å². The van der Waals surface area contributed by atoms with Crippen LogP contribution < -0.4 is 0 Å². The SMILES string of the molecule is CC(C)OC(=O)C=C(C#N)c1ccc(O)c(O)c1. The van der Waals surface area contributed by atoms with Crippen LogP contribution in [0.2, 0.25) is 0 Å². The molecule has 0 radical (unpaired) electrons. The number of allylic oxidation sites excluding steroid dienone is 1. The molecule has 1 rings (SSSR count). The molecular weight excluding hydrogens is 234 g/mol. The maximum absolute atomic E-state index is 11.4. The fraction of sp³-hybridized carbons (Fsp3) is 0.231. The third-order valence-corrected chi connectivity index (χ3v) is 2.02. The lowest BCUT2D eigenvalue weighted by Gasteiger charge is -2.05. The zero-order chi connectivity index (χ0) is 13.7. The van der Waals surface area contributed by atoms with Gasteiger partial charge in [-0.15, -0.1) is 0 Å². The van der Waals surface area contributed by atoms with E-state index in [9.17, 15) is 9.90 Å². The number of carbonyl (C=O) groups excluding carboxylic acids is 1. The standard InChI is InChI=1S/C13H13NO4/c1-8(2)18-13(17)6-10(7-14)9-3-4-11(15)12(16)5-9/h3-6,8,15-16H,1-2H3. The molecule has 18 heavy (non-hydrogen) atoms. The first kappa shape index (κ1) is 13.6. The summed E-state index contributed by atoms with van der Waals surface area (Å²) >= 11 is 0. The molecule has 0 bridgehead atoms. The van der Waals surface area contributed by atoms with Crippen LogP contribution >= 0.6 is 0 Å². The zero-order valence-corrected chi connectivity index (χ0v) is 10.0. The summed E-state index contributed by atoms with van der Waals surface area (Å²) in [4.78, 5) is 11.4. The number of aromatic hydroxyl groups is 2.